The van der Waals surface area contributed by atoms with Crippen LogP contribution in [0.15, 0.2) is 48.5 Å². The van der Waals surface area contributed by atoms with E-state index in [-0.39, 0.29) is 17.3 Å². The molecular weight excluding hydrogens is 479 g/mol. The van der Waals surface area contributed by atoms with Gasteiger partial charge in [0.15, 0.2) is 5.82 Å². The average molecular weight is 510 g/mol. The Balaban J connectivity index is 1.32. The Morgan fingerprint density at radius 2 is 1.81 bits per heavy atom. The molecule has 6 rings (SSSR count). The molecular formula is C28H30F3N5O. The molecule has 3 aromatic rings. The van der Waals surface area contributed by atoms with Gasteiger partial charge >= 0.3 is 12.1 Å². The van der Waals surface area contributed by atoms with Gasteiger partial charge < -0.3 is 9.88 Å². The maximum atomic E-state index is 13.8. The Labute approximate surface area is 213 Å². The Morgan fingerprint density at radius 1 is 1.03 bits per heavy atom. The average Bonchev–Trinajstić information content (AvgIpc) is 3.80. The number of fused-ring (bicyclic) bond motifs is 1. The summed E-state index contributed by atoms with van der Waals surface area (Å²) in [6, 6.07) is 13.9. The van der Waals surface area contributed by atoms with Gasteiger partial charge in [-0.15, -0.1) is 10.2 Å². The van der Waals surface area contributed by atoms with Crippen LogP contribution in [0.1, 0.15) is 55.8 Å². The fourth-order valence-corrected chi connectivity index (χ4v) is 5.32. The third-order valence-electron chi connectivity index (χ3n) is 7.63. The van der Waals surface area contributed by atoms with Crippen LogP contribution in [0, 0.1) is 5.92 Å². The van der Waals surface area contributed by atoms with Crippen LogP contribution in [0.2, 0.25) is 0 Å². The molecule has 2 unspecified atom stereocenters. The van der Waals surface area contributed by atoms with Crippen LogP contribution in [-0.4, -0.2) is 39.4 Å². The van der Waals surface area contributed by atoms with Crippen molar-refractivity contribution in [1.29, 1.82) is 0 Å². The van der Waals surface area contributed by atoms with Crippen LogP contribution in [0.5, 0.6) is 0 Å². The van der Waals surface area contributed by atoms with Gasteiger partial charge in [0.05, 0.1) is 0 Å². The number of carbonyl (C=O) groups is 1. The number of alkyl halides is 3. The zero-order valence-electron chi connectivity index (χ0n) is 20.5. The van der Waals surface area contributed by atoms with Gasteiger partial charge in [0.1, 0.15) is 5.82 Å². The smallest absolute Gasteiger partial charge is 0.313 e. The molecule has 2 aliphatic carbocycles. The fourth-order valence-electron chi connectivity index (χ4n) is 5.32. The molecule has 2 aromatic carbocycles. The molecule has 1 aliphatic heterocycles. The first-order chi connectivity index (χ1) is 17.9. The molecule has 2 heterocycles. The molecule has 2 saturated carbocycles. The van der Waals surface area contributed by atoms with Crippen LogP contribution in [-0.2, 0) is 17.8 Å². The summed E-state index contributed by atoms with van der Waals surface area (Å²) in [7, 11) is 0. The van der Waals surface area contributed by atoms with Crippen molar-refractivity contribution in [3.8, 4) is 11.4 Å². The van der Waals surface area contributed by atoms with Crippen molar-refractivity contribution >= 4 is 17.3 Å². The molecule has 0 radical (unpaired) electrons. The molecule has 1 N–H and O–H groups in total. The second-order valence-electron chi connectivity index (χ2n) is 10.5. The monoisotopic (exact) mass is 509 g/mol. The lowest BCUT2D eigenvalue weighted by Crippen LogP contribution is -2.38. The van der Waals surface area contributed by atoms with Crippen LogP contribution in [0.3, 0.4) is 0 Å². The zero-order chi connectivity index (χ0) is 25.6. The largest absolute Gasteiger partial charge is 0.472 e. The molecule has 3 aliphatic rings. The lowest BCUT2D eigenvalue weighted by atomic mass is 10.1. The van der Waals surface area contributed by atoms with E-state index in [4.69, 9.17) is 0 Å². The number of nitrogens with zero attached hydrogens (tertiary/aromatic N) is 4. The van der Waals surface area contributed by atoms with Crippen molar-refractivity contribution in [2.24, 2.45) is 5.92 Å². The highest BCUT2D eigenvalue weighted by Gasteiger charge is 2.44. The second-order valence-corrected chi connectivity index (χ2v) is 10.5. The Hall–Kier alpha value is -3.20. The third kappa shape index (κ3) is 5.14. The number of carbonyl (C=O) groups excluding carboxylic acids is 1. The predicted octanol–water partition coefficient (Wildman–Crippen LogP) is 5.75. The zero-order valence-corrected chi connectivity index (χ0v) is 20.5. The van der Waals surface area contributed by atoms with Crippen LogP contribution in [0.4, 0.5) is 24.5 Å². The standard InChI is InChI=1S/C28H30F3N5O/c29-28(30,31)27(37)36(21-8-4-6-19(14-21)23-16-24(23)32-17-18-11-12-18)22-9-5-7-20(15-22)26-34-33-25-10-2-1-3-13-35(25)26/h4-9,14-15,18,23-24,32H,1-3,10-13,16-17H2. The first-order valence-electron chi connectivity index (χ1n) is 13.2. The second kappa shape index (κ2) is 9.59. The summed E-state index contributed by atoms with van der Waals surface area (Å²) in [5.74, 6) is 0.609. The molecule has 0 saturated heterocycles. The molecule has 6 nitrogen and oxygen atoms in total. The number of amides is 1. The first kappa shape index (κ1) is 24.2. The maximum absolute atomic E-state index is 13.8. The fraction of sp³-hybridized carbons (Fsp3) is 0.464. The number of rotatable bonds is 7. The number of aromatic nitrogens is 3. The van der Waals surface area contributed by atoms with E-state index in [0.717, 1.165) is 67.4 Å². The van der Waals surface area contributed by atoms with Crippen molar-refractivity contribution < 1.29 is 18.0 Å². The summed E-state index contributed by atoms with van der Waals surface area (Å²) >= 11 is 0. The van der Waals surface area contributed by atoms with Crippen LogP contribution < -0.4 is 10.2 Å². The molecule has 9 heteroatoms. The number of anilines is 2. The van der Waals surface area contributed by atoms with Gasteiger partial charge in [-0.2, -0.15) is 13.2 Å². The van der Waals surface area contributed by atoms with E-state index in [1.165, 1.54) is 18.9 Å². The highest BCUT2D eigenvalue weighted by Crippen LogP contribution is 2.43. The van der Waals surface area contributed by atoms with Gasteiger partial charge in [-0.25, -0.2) is 0 Å². The number of aryl methyl sites for hydroxylation is 1. The third-order valence-corrected chi connectivity index (χ3v) is 7.63. The minimum absolute atomic E-state index is 0.155. The summed E-state index contributed by atoms with van der Waals surface area (Å²) in [4.78, 5) is 13.5. The van der Waals surface area contributed by atoms with Gasteiger partial charge in [-0.05, 0) is 74.4 Å². The van der Waals surface area contributed by atoms with E-state index in [1.54, 1.807) is 36.4 Å². The van der Waals surface area contributed by atoms with Crippen molar-refractivity contribution in [2.75, 3.05) is 11.4 Å². The molecule has 0 bridgehead atoms. The van der Waals surface area contributed by atoms with E-state index < -0.39 is 12.1 Å². The van der Waals surface area contributed by atoms with Gasteiger partial charge in [0.2, 0.25) is 0 Å². The topological polar surface area (TPSA) is 63.1 Å². The number of nitrogens with one attached hydrogen (secondary N) is 1. The van der Waals surface area contributed by atoms with Crippen molar-refractivity contribution in [3.63, 3.8) is 0 Å². The minimum Gasteiger partial charge on any atom is -0.313 e. The van der Waals surface area contributed by atoms with Gasteiger partial charge in [0, 0.05) is 41.9 Å². The number of benzene rings is 2. The molecule has 2 fully saturated rings. The summed E-state index contributed by atoms with van der Waals surface area (Å²) in [5.41, 5.74) is 1.96. The molecule has 2 atom stereocenters. The Bertz CT molecular complexity index is 1300. The van der Waals surface area contributed by atoms with Gasteiger partial charge in [0.25, 0.3) is 0 Å². The highest BCUT2D eigenvalue weighted by molar-refractivity contribution is 6.04. The summed E-state index contributed by atoms with van der Waals surface area (Å²) in [5, 5.41) is 12.2. The number of hydrogen-bond acceptors (Lipinski definition) is 4. The summed E-state index contributed by atoms with van der Waals surface area (Å²) < 4.78 is 43.5. The van der Waals surface area contributed by atoms with E-state index in [2.05, 4.69) is 15.5 Å². The molecule has 37 heavy (non-hydrogen) atoms. The molecule has 1 amide bonds. The van der Waals surface area contributed by atoms with E-state index in [0.29, 0.717) is 17.4 Å². The van der Waals surface area contributed by atoms with Crippen molar-refractivity contribution in [3.05, 3.63) is 59.9 Å². The van der Waals surface area contributed by atoms with Crippen molar-refractivity contribution in [2.45, 2.75) is 69.6 Å². The summed E-state index contributed by atoms with van der Waals surface area (Å²) in [6.07, 6.45) is 2.45. The van der Waals surface area contributed by atoms with Crippen molar-refractivity contribution in [1.82, 2.24) is 20.1 Å². The normalized spacial score (nSPS) is 21.3. The van der Waals surface area contributed by atoms with Crippen LogP contribution in [0.25, 0.3) is 11.4 Å². The minimum atomic E-state index is -5.02. The lowest BCUT2D eigenvalue weighted by Gasteiger charge is -2.25. The van der Waals surface area contributed by atoms with Gasteiger partial charge in [-0.3, -0.25) is 9.69 Å². The molecule has 194 valence electrons. The lowest BCUT2D eigenvalue weighted by molar-refractivity contribution is -0.169. The predicted molar refractivity (Wildman–Crippen MR) is 135 cm³/mol. The van der Waals surface area contributed by atoms with E-state index >= 15 is 0 Å². The Morgan fingerprint density at radius 3 is 2.59 bits per heavy atom. The first-order valence-corrected chi connectivity index (χ1v) is 13.2. The van der Waals surface area contributed by atoms with E-state index in [9.17, 15) is 18.0 Å². The molecule has 1 aromatic heterocycles. The van der Waals surface area contributed by atoms with Crippen LogP contribution >= 0.6 is 0 Å². The highest BCUT2D eigenvalue weighted by atomic mass is 19.4. The maximum Gasteiger partial charge on any atom is 0.472 e. The van der Waals surface area contributed by atoms with Gasteiger partial charge in [-0.1, -0.05) is 30.7 Å². The Kier molecular flexibility index (Phi) is 6.26. The SMILES string of the molecule is O=C(N(c1cccc(-c2nnc3n2CCCCC3)c1)c1cccc(C2CC2NCC2CC2)c1)C(F)(F)F. The number of halogens is 3. The summed E-state index contributed by atoms with van der Waals surface area (Å²) in [6.45, 7) is 1.77. The quantitative estimate of drug-likeness (QED) is 0.440. The number of hydrogen-bond donors (Lipinski definition) is 1. The molecule has 0 spiro atoms. The van der Waals surface area contributed by atoms with E-state index in [1.807, 2.05) is 10.6 Å².